The van der Waals surface area contributed by atoms with Crippen molar-refractivity contribution in [3.63, 3.8) is 0 Å². The number of allylic oxidation sites excluding steroid dienone is 3. The highest BCUT2D eigenvalue weighted by Crippen LogP contribution is 2.22. The fourth-order valence-corrected chi connectivity index (χ4v) is 5.84. The van der Waals surface area contributed by atoms with Gasteiger partial charge in [0.25, 0.3) is 0 Å². The minimum Gasteiger partial charge on any atom is -0.394 e. The van der Waals surface area contributed by atoms with Crippen molar-refractivity contribution in [3.05, 3.63) is 24.3 Å². The first-order chi connectivity index (χ1) is 22.8. The summed E-state index contributed by atoms with van der Waals surface area (Å²) in [6.45, 7) is 3.69. The van der Waals surface area contributed by atoms with E-state index in [1.54, 1.807) is 6.08 Å². The third kappa shape index (κ3) is 21.4. The number of carbonyl (C=O) groups excluding carboxylic acids is 1. The maximum Gasteiger partial charge on any atom is 0.220 e. The molecule has 1 saturated heterocycles. The van der Waals surface area contributed by atoms with E-state index in [9.17, 15) is 30.3 Å². The number of unbranched alkanes of at least 4 members (excludes halogenated alkanes) is 18. The van der Waals surface area contributed by atoms with Crippen LogP contribution in [-0.2, 0) is 14.3 Å². The third-order valence-corrected chi connectivity index (χ3v) is 9.02. The van der Waals surface area contributed by atoms with E-state index in [4.69, 9.17) is 9.47 Å². The van der Waals surface area contributed by atoms with Gasteiger partial charge < -0.3 is 40.3 Å². The highest BCUT2D eigenvalue weighted by molar-refractivity contribution is 5.76. The second-order valence-electron chi connectivity index (χ2n) is 13.4. The van der Waals surface area contributed by atoms with Gasteiger partial charge in [-0.05, 0) is 38.5 Å². The fraction of sp³-hybridized carbons (Fsp3) is 0.868. The van der Waals surface area contributed by atoms with Crippen LogP contribution in [0, 0.1) is 0 Å². The molecule has 0 radical (unpaired) electrons. The molecule has 1 amide bonds. The summed E-state index contributed by atoms with van der Waals surface area (Å²) < 4.78 is 11.1. The van der Waals surface area contributed by atoms with Crippen molar-refractivity contribution >= 4 is 5.91 Å². The summed E-state index contributed by atoms with van der Waals surface area (Å²) in [7, 11) is 0. The number of hydrogen-bond donors (Lipinski definition) is 6. The first kappa shape index (κ1) is 43.7. The van der Waals surface area contributed by atoms with Crippen molar-refractivity contribution in [1.82, 2.24) is 5.32 Å². The van der Waals surface area contributed by atoms with Crippen molar-refractivity contribution in [1.29, 1.82) is 0 Å². The average molecular weight is 670 g/mol. The molecule has 0 aromatic carbocycles. The van der Waals surface area contributed by atoms with Crippen LogP contribution in [0.25, 0.3) is 0 Å². The van der Waals surface area contributed by atoms with Crippen LogP contribution < -0.4 is 5.32 Å². The normalized spacial score (nSPS) is 23.1. The molecule has 276 valence electrons. The number of nitrogens with one attached hydrogen (secondary N) is 1. The number of aliphatic hydroxyl groups is 5. The maximum absolute atomic E-state index is 12.8. The van der Waals surface area contributed by atoms with Crippen LogP contribution in [0.1, 0.15) is 155 Å². The average Bonchev–Trinajstić information content (AvgIpc) is 3.07. The zero-order valence-electron chi connectivity index (χ0n) is 29.8. The Labute approximate surface area is 286 Å². The summed E-state index contributed by atoms with van der Waals surface area (Å²) in [5.41, 5.74) is 0. The van der Waals surface area contributed by atoms with Crippen LogP contribution in [-0.4, -0.2) is 87.5 Å². The van der Waals surface area contributed by atoms with Crippen molar-refractivity contribution in [3.8, 4) is 0 Å². The summed E-state index contributed by atoms with van der Waals surface area (Å²) in [6, 6.07) is -0.803. The lowest BCUT2D eigenvalue weighted by atomic mass is 9.99. The highest BCUT2D eigenvalue weighted by Gasteiger charge is 2.44. The number of amides is 1. The van der Waals surface area contributed by atoms with Gasteiger partial charge >= 0.3 is 0 Å². The van der Waals surface area contributed by atoms with Gasteiger partial charge in [0.1, 0.15) is 24.4 Å². The molecule has 0 saturated carbocycles. The van der Waals surface area contributed by atoms with Crippen LogP contribution in [0.5, 0.6) is 0 Å². The molecule has 1 rings (SSSR count). The van der Waals surface area contributed by atoms with Crippen LogP contribution in [0.4, 0.5) is 0 Å². The molecule has 7 atom stereocenters. The molecule has 47 heavy (non-hydrogen) atoms. The molecule has 6 N–H and O–H groups in total. The number of rotatable bonds is 30. The van der Waals surface area contributed by atoms with Crippen molar-refractivity contribution in [2.75, 3.05) is 13.2 Å². The standard InChI is InChI=1S/C38H71NO8/c1-3-5-7-9-11-13-15-16-18-19-21-23-25-27-32(41)31(30-46-38-37(45)36(44)35(43)33(29-40)47-38)39-34(42)28-26-24-22-20-17-14-12-10-8-6-4-2/h10,12,25,27,31-33,35-38,40-41,43-45H,3-9,11,13-24,26,28-30H2,1-2H3,(H,39,42)/b12-10-,27-25+. The Morgan fingerprint density at radius 1 is 0.702 bits per heavy atom. The van der Waals surface area contributed by atoms with Crippen LogP contribution in [0.2, 0.25) is 0 Å². The van der Waals surface area contributed by atoms with Gasteiger partial charge in [0.2, 0.25) is 5.91 Å². The topological polar surface area (TPSA) is 149 Å². The molecule has 7 unspecified atom stereocenters. The first-order valence-electron chi connectivity index (χ1n) is 19.1. The smallest absolute Gasteiger partial charge is 0.220 e. The fourth-order valence-electron chi connectivity index (χ4n) is 5.84. The third-order valence-electron chi connectivity index (χ3n) is 9.02. The van der Waals surface area contributed by atoms with E-state index in [1.807, 2.05) is 6.08 Å². The highest BCUT2D eigenvalue weighted by atomic mass is 16.7. The van der Waals surface area contributed by atoms with Gasteiger partial charge in [-0.1, -0.05) is 134 Å². The van der Waals surface area contributed by atoms with Crippen molar-refractivity contribution in [2.45, 2.75) is 198 Å². The molecular weight excluding hydrogens is 598 g/mol. The van der Waals surface area contributed by atoms with Gasteiger partial charge in [0.15, 0.2) is 6.29 Å². The van der Waals surface area contributed by atoms with E-state index in [0.717, 1.165) is 64.2 Å². The summed E-state index contributed by atoms with van der Waals surface area (Å²) in [6.07, 6.45) is 25.0. The quantitative estimate of drug-likeness (QED) is 0.0381. The van der Waals surface area contributed by atoms with Gasteiger partial charge in [0, 0.05) is 6.42 Å². The summed E-state index contributed by atoms with van der Waals surface area (Å²) in [5.74, 6) is -0.191. The minimum absolute atomic E-state index is 0.190. The van der Waals surface area contributed by atoms with E-state index in [0.29, 0.717) is 6.42 Å². The Balaban J connectivity index is 2.48. The van der Waals surface area contributed by atoms with E-state index in [1.165, 1.54) is 70.6 Å². The van der Waals surface area contributed by atoms with Gasteiger partial charge in [-0.15, -0.1) is 0 Å². The number of hydrogen-bond acceptors (Lipinski definition) is 8. The molecule has 0 aliphatic carbocycles. The number of carbonyl (C=O) groups is 1. The van der Waals surface area contributed by atoms with E-state index >= 15 is 0 Å². The van der Waals surface area contributed by atoms with Crippen molar-refractivity contribution < 1.29 is 39.8 Å². The monoisotopic (exact) mass is 670 g/mol. The Morgan fingerprint density at radius 3 is 1.79 bits per heavy atom. The molecular formula is C38H71NO8. The molecule has 0 aromatic rings. The summed E-state index contributed by atoms with van der Waals surface area (Å²) in [4.78, 5) is 12.8. The van der Waals surface area contributed by atoms with E-state index < -0.39 is 49.5 Å². The molecule has 1 aliphatic heterocycles. The lowest BCUT2D eigenvalue weighted by Crippen LogP contribution is -2.60. The lowest BCUT2D eigenvalue weighted by Gasteiger charge is -2.40. The molecule has 1 heterocycles. The zero-order valence-corrected chi connectivity index (χ0v) is 29.8. The Hall–Kier alpha value is -1.33. The van der Waals surface area contributed by atoms with Crippen molar-refractivity contribution in [2.24, 2.45) is 0 Å². The molecule has 0 spiro atoms. The number of aliphatic hydroxyl groups excluding tert-OH is 5. The number of ether oxygens (including phenoxy) is 2. The molecule has 9 nitrogen and oxygen atoms in total. The van der Waals surface area contributed by atoms with Gasteiger partial charge in [-0.3, -0.25) is 4.79 Å². The van der Waals surface area contributed by atoms with Crippen LogP contribution in [0.15, 0.2) is 24.3 Å². The molecule has 0 bridgehead atoms. The second kappa shape index (κ2) is 29.6. The van der Waals surface area contributed by atoms with Crippen LogP contribution in [0.3, 0.4) is 0 Å². The van der Waals surface area contributed by atoms with Gasteiger partial charge in [-0.2, -0.15) is 0 Å². The SMILES string of the molecule is CCCC/C=C\CCCCCCCC(=O)NC(COC1OC(CO)C(O)C(O)C1O)C(O)/C=C/CCCCCCCCCCCCC. The zero-order chi connectivity index (χ0) is 34.5. The first-order valence-corrected chi connectivity index (χ1v) is 19.1. The van der Waals surface area contributed by atoms with Gasteiger partial charge in [0.05, 0.1) is 25.4 Å². The summed E-state index contributed by atoms with van der Waals surface area (Å²) >= 11 is 0. The predicted octanol–water partition coefficient (Wildman–Crippen LogP) is 6.38. The molecule has 1 aliphatic rings. The minimum atomic E-state index is -1.56. The largest absolute Gasteiger partial charge is 0.394 e. The second-order valence-corrected chi connectivity index (χ2v) is 13.4. The Kier molecular flexibility index (Phi) is 27.5. The maximum atomic E-state index is 12.8. The summed E-state index contributed by atoms with van der Waals surface area (Å²) in [5, 5.41) is 53.8. The lowest BCUT2D eigenvalue weighted by molar-refractivity contribution is -0.302. The van der Waals surface area contributed by atoms with Crippen LogP contribution >= 0.6 is 0 Å². The Morgan fingerprint density at radius 2 is 1.21 bits per heavy atom. The Bertz CT molecular complexity index is 792. The van der Waals surface area contributed by atoms with E-state index in [2.05, 4.69) is 31.3 Å². The predicted molar refractivity (Wildman–Crippen MR) is 189 cm³/mol. The molecule has 1 fully saturated rings. The molecule has 9 heteroatoms. The van der Waals surface area contributed by atoms with E-state index in [-0.39, 0.29) is 12.5 Å². The molecule has 0 aromatic heterocycles. The van der Waals surface area contributed by atoms with Gasteiger partial charge in [-0.25, -0.2) is 0 Å².